The van der Waals surface area contributed by atoms with Gasteiger partial charge in [0.25, 0.3) is 0 Å². The van der Waals surface area contributed by atoms with Crippen LogP contribution in [0.4, 0.5) is 0 Å². The zero-order chi connectivity index (χ0) is 17.3. The molecule has 2 aromatic carbocycles. The normalized spacial score (nSPS) is 11.0. The Morgan fingerprint density at radius 2 is 1.79 bits per heavy atom. The molecule has 5 nitrogen and oxygen atoms in total. The summed E-state index contributed by atoms with van der Waals surface area (Å²) in [5.74, 6) is -0.904. The molecule has 1 aromatic heterocycles. The van der Waals surface area contributed by atoms with Gasteiger partial charge in [0.05, 0.1) is 23.9 Å². The lowest BCUT2D eigenvalue weighted by Crippen LogP contribution is -2.16. The number of esters is 1. The quantitative estimate of drug-likeness (QED) is 0.689. The molecule has 1 heterocycles. The number of aromatic nitrogens is 1. The van der Waals surface area contributed by atoms with Crippen LogP contribution in [-0.2, 0) is 17.6 Å². The maximum absolute atomic E-state index is 12.5. The third kappa shape index (κ3) is 2.52. The number of ether oxygens (including phenoxy) is 1. The Hall–Kier alpha value is -2.82. The van der Waals surface area contributed by atoms with Gasteiger partial charge in [-0.15, -0.1) is 0 Å². The van der Waals surface area contributed by atoms with E-state index in [4.69, 9.17) is 9.15 Å². The van der Waals surface area contributed by atoms with Gasteiger partial charge in [-0.2, -0.15) is 0 Å². The van der Waals surface area contributed by atoms with Crippen LogP contribution in [0.15, 0.2) is 45.6 Å². The number of fused-ring (bicyclic) bond motifs is 1. The molecular formula is C19H19NO4. The molecule has 3 aromatic rings. The van der Waals surface area contributed by atoms with Gasteiger partial charge in [-0.1, -0.05) is 32.0 Å². The standard InChI is InChI=1S/C19H19NO4/c1-4-12-7-6-8-13(5-2)17(12)20-15-11-14(18(21)23-3)9-10-16(15)24-19(20)22/h6-11H,4-5H2,1-3H3. The van der Waals surface area contributed by atoms with E-state index >= 15 is 0 Å². The second-order valence-electron chi connectivity index (χ2n) is 5.51. The smallest absolute Gasteiger partial charge is 0.424 e. The van der Waals surface area contributed by atoms with Crippen LogP contribution in [0.5, 0.6) is 0 Å². The third-order valence-electron chi connectivity index (χ3n) is 4.19. The third-order valence-corrected chi connectivity index (χ3v) is 4.19. The average Bonchev–Trinajstić information content (AvgIpc) is 2.94. The number of carbonyl (C=O) groups excluding carboxylic acids is 1. The predicted molar refractivity (Wildman–Crippen MR) is 91.9 cm³/mol. The molecule has 0 aliphatic heterocycles. The lowest BCUT2D eigenvalue weighted by atomic mass is 10.0. The van der Waals surface area contributed by atoms with Gasteiger partial charge in [0.1, 0.15) is 0 Å². The van der Waals surface area contributed by atoms with Gasteiger partial charge in [0.15, 0.2) is 5.58 Å². The number of hydrogen-bond acceptors (Lipinski definition) is 4. The predicted octanol–water partition coefficient (Wildman–Crippen LogP) is 3.50. The van der Waals surface area contributed by atoms with Crippen molar-refractivity contribution >= 4 is 17.1 Å². The lowest BCUT2D eigenvalue weighted by molar-refractivity contribution is 0.0601. The van der Waals surface area contributed by atoms with Crippen molar-refractivity contribution in [3.05, 3.63) is 63.6 Å². The van der Waals surface area contributed by atoms with Crippen molar-refractivity contribution in [2.75, 3.05) is 7.11 Å². The molecule has 0 bridgehead atoms. The maximum atomic E-state index is 12.5. The molecule has 0 unspecified atom stereocenters. The highest BCUT2D eigenvalue weighted by molar-refractivity contribution is 5.93. The van der Waals surface area contributed by atoms with Crippen molar-refractivity contribution < 1.29 is 13.9 Å². The van der Waals surface area contributed by atoms with E-state index < -0.39 is 11.7 Å². The van der Waals surface area contributed by atoms with Crippen molar-refractivity contribution in [2.45, 2.75) is 26.7 Å². The van der Waals surface area contributed by atoms with Crippen LogP contribution in [0.25, 0.3) is 16.8 Å². The zero-order valence-electron chi connectivity index (χ0n) is 14.0. The fourth-order valence-corrected chi connectivity index (χ4v) is 2.98. The molecule has 0 atom stereocenters. The minimum Gasteiger partial charge on any atom is -0.465 e. The Balaban J connectivity index is 2.36. The first kappa shape index (κ1) is 16.1. The van der Waals surface area contributed by atoms with Crippen molar-refractivity contribution in [1.29, 1.82) is 0 Å². The molecule has 3 rings (SSSR count). The molecule has 0 radical (unpaired) electrons. The topological polar surface area (TPSA) is 61.4 Å². The molecule has 5 heteroatoms. The van der Waals surface area contributed by atoms with Crippen LogP contribution in [0.2, 0.25) is 0 Å². The van der Waals surface area contributed by atoms with Crippen molar-refractivity contribution in [2.24, 2.45) is 0 Å². The summed E-state index contributed by atoms with van der Waals surface area (Å²) in [7, 11) is 1.33. The highest BCUT2D eigenvalue weighted by Crippen LogP contribution is 2.25. The Bertz CT molecular complexity index is 943. The van der Waals surface area contributed by atoms with E-state index in [2.05, 4.69) is 0 Å². The monoisotopic (exact) mass is 325 g/mol. The van der Waals surface area contributed by atoms with Crippen molar-refractivity contribution in [3.63, 3.8) is 0 Å². The maximum Gasteiger partial charge on any atom is 0.424 e. The van der Waals surface area contributed by atoms with Crippen molar-refractivity contribution in [1.82, 2.24) is 4.57 Å². The zero-order valence-corrected chi connectivity index (χ0v) is 14.0. The number of oxazole rings is 1. The van der Waals surface area contributed by atoms with Gasteiger partial charge in [0, 0.05) is 0 Å². The number of nitrogens with zero attached hydrogens (tertiary/aromatic N) is 1. The van der Waals surface area contributed by atoms with E-state index in [0.717, 1.165) is 29.7 Å². The summed E-state index contributed by atoms with van der Waals surface area (Å²) in [5, 5.41) is 0. The molecule has 0 spiro atoms. The van der Waals surface area contributed by atoms with E-state index in [1.807, 2.05) is 32.0 Å². The molecule has 0 aliphatic rings. The molecule has 0 fully saturated rings. The number of aryl methyl sites for hydroxylation is 2. The Morgan fingerprint density at radius 1 is 1.12 bits per heavy atom. The van der Waals surface area contributed by atoms with Crippen LogP contribution in [-0.4, -0.2) is 17.6 Å². The first-order valence-electron chi connectivity index (χ1n) is 7.95. The van der Waals surface area contributed by atoms with Gasteiger partial charge in [-0.05, 0) is 42.2 Å². The van der Waals surface area contributed by atoms with Crippen LogP contribution in [0, 0.1) is 0 Å². The SMILES string of the molecule is CCc1cccc(CC)c1-n1c(=O)oc2ccc(C(=O)OC)cc21. The number of carbonyl (C=O) groups is 1. The fourth-order valence-electron chi connectivity index (χ4n) is 2.98. The van der Waals surface area contributed by atoms with Gasteiger partial charge in [-0.25, -0.2) is 14.2 Å². The highest BCUT2D eigenvalue weighted by Gasteiger charge is 2.18. The Kier molecular flexibility index (Phi) is 4.25. The van der Waals surface area contributed by atoms with E-state index in [1.165, 1.54) is 7.11 Å². The van der Waals surface area contributed by atoms with E-state index in [-0.39, 0.29) is 0 Å². The molecule has 0 amide bonds. The lowest BCUT2D eigenvalue weighted by Gasteiger charge is -2.13. The van der Waals surface area contributed by atoms with E-state index in [9.17, 15) is 9.59 Å². The first-order valence-corrected chi connectivity index (χ1v) is 7.95. The van der Waals surface area contributed by atoms with Crippen LogP contribution in [0.3, 0.4) is 0 Å². The fraction of sp³-hybridized carbons (Fsp3) is 0.263. The van der Waals surface area contributed by atoms with E-state index in [0.29, 0.717) is 16.7 Å². The first-order chi connectivity index (χ1) is 11.6. The summed E-state index contributed by atoms with van der Waals surface area (Å²) in [6.45, 7) is 4.09. The minimum absolute atomic E-state index is 0.381. The second kappa shape index (κ2) is 6.35. The summed E-state index contributed by atoms with van der Waals surface area (Å²) in [6.07, 6.45) is 1.58. The van der Waals surface area contributed by atoms with Crippen LogP contribution >= 0.6 is 0 Å². The summed E-state index contributed by atoms with van der Waals surface area (Å²) in [6, 6.07) is 10.9. The Morgan fingerprint density at radius 3 is 2.38 bits per heavy atom. The average molecular weight is 325 g/mol. The highest BCUT2D eigenvalue weighted by atomic mass is 16.5. The van der Waals surface area contributed by atoms with Gasteiger partial charge < -0.3 is 9.15 Å². The molecule has 0 saturated heterocycles. The van der Waals surface area contributed by atoms with Gasteiger partial charge in [0.2, 0.25) is 0 Å². The van der Waals surface area contributed by atoms with Gasteiger partial charge in [-0.3, -0.25) is 0 Å². The van der Waals surface area contributed by atoms with E-state index in [1.54, 1.807) is 22.8 Å². The van der Waals surface area contributed by atoms with Crippen LogP contribution < -0.4 is 5.76 Å². The minimum atomic E-state index is -0.456. The molecular weight excluding hydrogens is 306 g/mol. The molecule has 0 saturated carbocycles. The number of hydrogen-bond donors (Lipinski definition) is 0. The Labute approximate surface area is 139 Å². The van der Waals surface area contributed by atoms with Gasteiger partial charge >= 0.3 is 11.7 Å². The molecule has 24 heavy (non-hydrogen) atoms. The number of methoxy groups -OCH3 is 1. The summed E-state index contributed by atoms with van der Waals surface area (Å²) in [4.78, 5) is 24.3. The molecule has 124 valence electrons. The number of para-hydroxylation sites is 1. The van der Waals surface area contributed by atoms with Crippen LogP contribution in [0.1, 0.15) is 35.3 Å². The largest absolute Gasteiger partial charge is 0.465 e. The molecule has 0 N–H and O–H groups in total. The summed E-state index contributed by atoms with van der Waals surface area (Å²) >= 11 is 0. The summed E-state index contributed by atoms with van der Waals surface area (Å²) in [5.41, 5.74) is 4.35. The number of benzene rings is 2. The molecule has 0 aliphatic carbocycles. The second-order valence-corrected chi connectivity index (χ2v) is 5.51. The summed E-state index contributed by atoms with van der Waals surface area (Å²) < 4.78 is 11.7. The number of rotatable bonds is 4. The van der Waals surface area contributed by atoms with Crippen molar-refractivity contribution in [3.8, 4) is 5.69 Å².